The van der Waals surface area contributed by atoms with Crippen LogP contribution in [0.15, 0.2) is 18.2 Å². The van der Waals surface area contributed by atoms with Gasteiger partial charge in [-0.05, 0) is 26.0 Å². The summed E-state index contributed by atoms with van der Waals surface area (Å²) in [5.41, 5.74) is 0.994. The third-order valence-electron chi connectivity index (χ3n) is 3.23. The Labute approximate surface area is 120 Å². The highest BCUT2D eigenvalue weighted by Gasteiger charge is 2.21. The van der Waals surface area contributed by atoms with Gasteiger partial charge in [-0.25, -0.2) is 4.39 Å². The summed E-state index contributed by atoms with van der Waals surface area (Å²) < 4.78 is 24.3. The van der Waals surface area contributed by atoms with Gasteiger partial charge < -0.3 is 19.5 Å². The lowest BCUT2D eigenvalue weighted by Crippen LogP contribution is -2.39. The molecule has 1 N–H and O–H groups in total. The molecule has 0 aliphatic carbocycles. The Bertz CT molecular complexity index is 412. The second-order valence-corrected chi connectivity index (χ2v) is 4.84. The maximum Gasteiger partial charge on any atom is 0.131 e. The average molecular weight is 285 g/mol. The summed E-state index contributed by atoms with van der Waals surface area (Å²) in [7, 11) is 3.26. The molecule has 0 spiro atoms. The molecule has 4 nitrogen and oxygen atoms in total. The fourth-order valence-corrected chi connectivity index (χ4v) is 2.29. The highest BCUT2D eigenvalue weighted by molar-refractivity contribution is 5.56. The van der Waals surface area contributed by atoms with Crippen LogP contribution in [0.5, 0.6) is 0 Å². The van der Waals surface area contributed by atoms with Crippen LogP contribution >= 0.6 is 0 Å². The molecule has 20 heavy (non-hydrogen) atoms. The molecule has 0 saturated heterocycles. The molecule has 114 valence electrons. The van der Waals surface area contributed by atoms with Crippen molar-refractivity contribution in [2.75, 3.05) is 38.9 Å². The van der Waals surface area contributed by atoms with Crippen LogP contribution in [-0.4, -0.2) is 45.1 Å². The molecule has 0 fully saturated rings. The third kappa shape index (κ3) is 4.16. The molecule has 0 radical (unpaired) electrons. The largest absolute Gasteiger partial charge is 0.389 e. The number of hydrogen-bond acceptors (Lipinski definition) is 4. The highest BCUT2D eigenvalue weighted by atomic mass is 19.1. The predicted molar refractivity (Wildman–Crippen MR) is 77.6 cm³/mol. The van der Waals surface area contributed by atoms with Crippen LogP contribution in [0.3, 0.4) is 0 Å². The molecule has 0 heterocycles. The van der Waals surface area contributed by atoms with Crippen LogP contribution in [0.4, 0.5) is 10.1 Å². The van der Waals surface area contributed by atoms with Gasteiger partial charge in [0.2, 0.25) is 0 Å². The summed E-state index contributed by atoms with van der Waals surface area (Å²) in [6, 6.07) is 4.87. The Morgan fingerprint density at radius 1 is 1.25 bits per heavy atom. The lowest BCUT2D eigenvalue weighted by molar-refractivity contribution is 0.169. The highest BCUT2D eigenvalue weighted by Crippen LogP contribution is 2.30. The number of aliphatic hydroxyl groups excluding tert-OH is 1. The number of hydrogen-bond donors (Lipinski definition) is 1. The van der Waals surface area contributed by atoms with Crippen molar-refractivity contribution in [1.82, 2.24) is 0 Å². The molecule has 5 heteroatoms. The van der Waals surface area contributed by atoms with Crippen LogP contribution in [0.1, 0.15) is 25.5 Å². The first-order valence-electron chi connectivity index (χ1n) is 6.73. The molecular weight excluding hydrogens is 261 g/mol. The summed E-state index contributed by atoms with van der Waals surface area (Å²) >= 11 is 0. The van der Waals surface area contributed by atoms with E-state index in [4.69, 9.17) is 9.47 Å². The number of benzene rings is 1. The van der Waals surface area contributed by atoms with Crippen LogP contribution in [-0.2, 0) is 9.47 Å². The van der Waals surface area contributed by atoms with Gasteiger partial charge in [0.25, 0.3) is 0 Å². The minimum atomic E-state index is -0.869. The van der Waals surface area contributed by atoms with Crippen LogP contribution in [0, 0.1) is 5.82 Å². The van der Waals surface area contributed by atoms with E-state index in [1.54, 1.807) is 27.2 Å². The zero-order chi connectivity index (χ0) is 15.1. The van der Waals surface area contributed by atoms with Gasteiger partial charge in [-0.15, -0.1) is 0 Å². The number of halogens is 1. The van der Waals surface area contributed by atoms with Crippen molar-refractivity contribution in [3.05, 3.63) is 29.6 Å². The van der Waals surface area contributed by atoms with E-state index >= 15 is 0 Å². The maximum atomic E-state index is 14.0. The van der Waals surface area contributed by atoms with Crippen molar-refractivity contribution in [2.24, 2.45) is 0 Å². The predicted octanol–water partition coefficient (Wildman–Crippen LogP) is 2.37. The number of rotatable bonds is 8. The summed E-state index contributed by atoms with van der Waals surface area (Å²) in [4.78, 5) is 2.00. The van der Waals surface area contributed by atoms with Gasteiger partial charge in [0, 0.05) is 38.1 Å². The molecular formula is C15H24FNO3. The monoisotopic (exact) mass is 285 g/mol. The van der Waals surface area contributed by atoms with Crippen molar-refractivity contribution >= 4 is 5.69 Å². The summed E-state index contributed by atoms with van der Waals surface area (Å²) in [5.74, 6) is -0.399. The fraction of sp³-hybridized carbons (Fsp3) is 0.600. The molecule has 2 atom stereocenters. The van der Waals surface area contributed by atoms with E-state index in [0.717, 1.165) is 0 Å². The van der Waals surface area contributed by atoms with Crippen molar-refractivity contribution in [2.45, 2.75) is 26.0 Å². The molecule has 0 amide bonds. The van der Waals surface area contributed by atoms with Crippen molar-refractivity contribution < 1.29 is 19.0 Å². The number of aliphatic hydroxyl groups is 1. The van der Waals surface area contributed by atoms with Crippen molar-refractivity contribution in [3.8, 4) is 0 Å². The van der Waals surface area contributed by atoms with E-state index in [-0.39, 0.29) is 6.04 Å². The number of nitrogens with zero attached hydrogens (tertiary/aromatic N) is 1. The topological polar surface area (TPSA) is 41.9 Å². The van der Waals surface area contributed by atoms with E-state index in [0.29, 0.717) is 31.0 Å². The van der Waals surface area contributed by atoms with Gasteiger partial charge in [0.05, 0.1) is 19.3 Å². The second kappa shape index (κ2) is 8.19. The zero-order valence-electron chi connectivity index (χ0n) is 12.6. The summed E-state index contributed by atoms with van der Waals surface area (Å²) in [6.45, 7) is 5.20. The van der Waals surface area contributed by atoms with E-state index < -0.39 is 11.9 Å². The summed E-state index contributed by atoms with van der Waals surface area (Å²) in [5, 5.41) is 9.84. The first-order valence-corrected chi connectivity index (χ1v) is 6.73. The Morgan fingerprint density at radius 2 is 1.95 bits per heavy atom. The molecule has 0 saturated carbocycles. The molecule has 1 aromatic carbocycles. The molecule has 1 unspecified atom stereocenters. The molecule has 0 aliphatic heterocycles. The van der Waals surface area contributed by atoms with Crippen LogP contribution in [0.2, 0.25) is 0 Å². The Morgan fingerprint density at radius 3 is 2.50 bits per heavy atom. The average Bonchev–Trinajstić information content (AvgIpc) is 2.39. The molecule has 1 aromatic rings. The van der Waals surface area contributed by atoms with Gasteiger partial charge in [-0.1, -0.05) is 6.07 Å². The molecule has 0 aliphatic rings. The molecule has 1 rings (SSSR count). The van der Waals surface area contributed by atoms with Gasteiger partial charge in [-0.2, -0.15) is 0 Å². The lowest BCUT2D eigenvalue weighted by atomic mass is 10.1. The Hall–Kier alpha value is -1.17. The Kier molecular flexibility index (Phi) is 6.91. The normalized spacial score (nSPS) is 14.1. The van der Waals surface area contributed by atoms with Crippen molar-refractivity contribution in [1.29, 1.82) is 0 Å². The molecule has 0 aromatic heterocycles. The van der Waals surface area contributed by atoms with E-state index in [1.807, 2.05) is 17.9 Å². The van der Waals surface area contributed by atoms with Gasteiger partial charge in [-0.3, -0.25) is 0 Å². The molecule has 0 bridgehead atoms. The zero-order valence-corrected chi connectivity index (χ0v) is 12.6. The van der Waals surface area contributed by atoms with E-state index in [2.05, 4.69) is 0 Å². The Balaban J connectivity index is 3.15. The van der Waals surface area contributed by atoms with Crippen LogP contribution in [0.25, 0.3) is 0 Å². The van der Waals surface area contributed by atoms with Crippen LogP contribution < -0.4 is 4.90 Å². The van der Waals surface area contributed by atoms with Gasteiger partial charge in [0.1, 0.15) is 5.82 Å². The van der Waals surface area contributed by atoms with E-state index in [9.17, 15) is 9.50 Å². The quantitative estimate of drug-likeness (QED) is 0.796. The first kappa shape index (κ1) is 16.9. The number of anilines is 1. The lowest BCUT2D eigenvalue weighted by Gasteiger charge is -2.33. The smallest absolute Gasteiger partial charge is 0.131 e. The fourth-order valence-electron chi connectivity index (χ4n) is 2.29. The number of ether oxygens (including phenoxy) is 2. The van der Waals surface area contributed by atoms with Gasteiger partial charge >= 0.3 is 0 Å². The first-order chi connectivity index (χ1) is 9.52. The minimum absolute atomic E-state index is 0.0504. The van der Waals surface area contributed by atoms with Crippen molar-refractivity contribution in [3.63, 3.8) is 0 Å². The second-order valence-electron chi connectivity index (χ2n) is 4.84. The standard InChI is InChI=1S/C15H24FNO3/c1-11(10-20-4)17(8-9-19-3)14-7-5-6-13(16)15(14)12(2)18/h5-7,11-12,18H,8-10H2,1-4H3/t11?,12-/m0/s1. The maximum absolute atomic E-state index is 14.0. The third-order valence-corrected chi connectivity index (χ3v) is 3.23. The number of methoxy groups -OCH3 is 2. The SMILES string of the molecule is COCCN(c1cccc(F)c1[C@H](C)O)C(C)COC. The minimum Gasteiger partial charge on any atom is -0.389 e. The summed E-state index contributed by atoms with van der Waals surface area (Å²) in [6.07, 6.45) is -0.869. The van der Waals surface area contributed by atoms with E-state index in [1.165, 1.54) is 6.07 Å². The van der Waals surface area contributed by atoms with Gasteiger partial charge in [0.15, 0.2) is 0 Å².